The number of para-hydroxylation sites is 1. The van der Waals surface area contributed by atoms with Crippen LogP contribution in [-0.2, 0) is 16.1 Å². The highest BCUT2D eigenvalue weighted by Gasteiger charge is 2.31. The van der Waals surface area contributed by atoms with E-state index in [4.69, 9.17) is 0 Å². The fraction of sp³-hybridized carbons (Fsp3) is 0.276. The van der Waals surface area contributed by atoms with Gasteiger partial charge >= 0.3 is 5.97 Å². The fourth-order valence-corrected chi connectivity index (χ4v) is 4.54. The fourth-order valence-electron chi connectivity index (χ4n) is 4.54. The predicted molar refractivity (Wildman–Crippen MR) is 139 cm³/mol. The van der Waals surface area contributed by atoms with E-state index in [9.17, 15) is 14.7 Å². The molecule has 1 heterocycles. The molecule has 0 aromatic heterocycles. The molecule has 2 N–H and O–H groups in total. The van der Waals surface area contributed by atoms with Crippen molar-refractivity contribution < 1.29 is 14.7 Å². The summed E-state index contributed by atoms with van der Waals surface area (Å²) in [4.78, 5) is 31.3. The molecule has 1 aliphatic heterocycles. The van der Waals surface area contributed by atoms with E-state index in [1.165, 1.54) is 16.7 Å². The summed E-state index contributed by atoms with van der Waals surface area (Å²) in [5.41, 5.74) is 6.40. The number of amides is 1. The molecule has 1 atom stereocenters. The number of anilines is 1. The van der Waals surface area contributed by atoms with E-state index in [0.717, 1.165) is 31.5 Å². The van der Waals surface area contributed by atoms with Gasteiger partial charge in [-0.05, 0) is 56.0 Å². The van der Waals surface area contributed by atoms with Crippen molar-refractivity contribution in [3.8, 4) is 0 Å². The van der Waals surface area contributed by atoms with Crippen molar-refractivity contribution in [3.05, 3.63) is 101 Å². The average Bonchev–Trinajstić information content (AvgIpc) is 3.31. The average molecular weight is 470 g/mol. The zero-order valence-corrected chi connectivity index (χ0v) is 20.2. The van der Waals surface area contributed by atoms with Gasteiger partial charge in [-0.3, -0.25) is 19.5 Å². The van der Waals surface area contributed by atoms with Gasteiger partial charge in [0.15, 0.2) is 0 Å². The van der Waals surface area contributed by atoms with Gasteiger partial charge in [-0.25, -0.2) is 0 Å². The molecule has 1 saturated heterocycles. The first-order valence-electron chi connectivity index (χ1n) is 11.9. The summed E-state index contributed by atoms with van der Waals surface area (Å²) in [7, 11) is 0. The normalized spacial score (nSPS) is 16.3. The van der Waals surface area contributed by atoms with Gasteiger partial charge < -0.3 is 10.4 Å². The summed E-state index contributed by atoms with van der Waals surface area (Å²) < 4.78 is 0. The first-order chi connectivity index (χ1) is 16.9. The number of aryl methyl sites for hydroxylation is 2. The zero-order chi connectivity index (χ0) is 24.8. The van der Waals surface area contributed by atoms with E-state index >= 15 is 0 Å². The van der Waals surface area contributed by atoms with Gasteiger partial charge in [-0.2, -0.15) is 0 Å². The number of hydrogen-bond donors (Lipinski definition) is 2. The summed E-state index contributed by atoms with van der Waals surface area (Å²) in [6, 6.07) is 23.1. The smallest absolute Gasteiger partial charge is 0.325 e. The highest BCUT2D eigenvalue weighted by molar-refractivity contribution is 6.17. The number of likely N-dealkylation sites (tertiary alicyclic amines) is 1. The Morgan fingerprint density at radius 2 is 1.74 bits per heavy atom. The molecule has 0 spiro atoms. The summed E-state index contributed by atoms with van der Waals surface area (Å²) in [6.07, 6.45) is 1.78. The Morgan fingerprint density at radius 1 is 1.00 bits per heavy atom. The molecular formula is C29H31N3O3. The Hall–Kier alpha value is -3.77. The molecule has 35 heavy (non-hydrogen) atoms. The molecule has 0 radical (unpaired) electrons. The van der Waals surface area contributed by atoms with Crippen LogP contribution in [0.1, 0.15) is 40.7 Å². The highest BCUT2D eigenvalue weighted by Crippen LogP contribution is 2.25. The van der Waals surface area contributed by atoms with E-state index < -0.39 is 5.97 Å². The third-order valence-corrected chi connectivity index (χ3v) is 6.48. The maximum absolute atomic E-state index is 13.4. The van der Waals surface area contributed by atoms with Crippen LogP contribution in [0.4, 0.5) is 5.69 Å². The van der Waals surface area contributed by atoms with Gasteiger partial charge in [0.25, 0.3) is 0 Å². The van der Waals surface area contributed by atoms with Gasteiger partial charge in [-0.1, -0.05) is 66.7 Å². The molecule has 6 heteroatoms. The Morgan fingerprint density at radius 3 is 2.49 bits per heavy atom. The molecule has 1 amide bonds. The number of nitrogens with zero attached hydrogens (tertiary/aromatic N) is 2. The summed E-state index contributed by atoms with van der Waals surface area (Å²) >= 11 is 0. The van der Waals surface area contributed by atoms with Crippen LogP contribution in [0.15, 0.2) is 77.8 Å². The number of aliphatic imine (C=N–C) groups is 1. The monoisotopic (exact) mass is 469 g/mol. The third-order valence-electron chi connectivity index (χ3n) is 6.48. The molecule has 0 bridgehead atoms. The number of aliphatic carboxylic acids is 1. The summed E-state index contributed by atoms with van der Waals surface area (Å²) in [5, 5.41) is 12.3. The molecule has 1 fully saturated rings. The van der Waals surface area contributed by atoms with E-state index in [1.54, 1.807) is 0 Å². The van der Waals surface area contributed by atoms with Crippen molar-refractivity contribution in [2.75, 3.05) is 18.4 Å². The lowest BCUT2D eigenvalue weighted by atomic mass is 10.00. The maximum atomic E-state index is 13.4. The summed E-state index contributed by atoms with van der Waals surface area (Å²) in [6.45, 7) is 5.48. The van der Waals surface area contributed by atoms with E-state index in [0.29, 0.717) is 17.0 Å². The lowest BCUT2D eigenvalue weighted by Crippen LogP contribution is -2.39. The lowest BCUT2D eigenvalue weighted by molar-refractivity contribution is -0.135. The molecule has 180 valence electrons. The van der Waals surface area contributed by atoms with Crippen LogP contribution in [0.3, 0.4) is 0 Å². The molecule has 3 aromatic carbocycles. The second-order valence-electron chi connectivity index (χ2n) is 9.01. The van der Waals surface area contributed by atoms with Crippen molar-refractivity contribution in [1.82, 2.24) is 4.90 Å². The van der Waals surface area contributed by atoms with Crippen molar-refractivity contribution in [3.63, 3.8) is 0 Å². The second kappa shape index (κ2) is 11.1. The Labute approximate surface area is 206 Å². The number of carbonyl (C=O) groups is 2. The Kier molecular flexibility index (Phi) is 7.73. The van der Waals surface area contributed by atoms with Crippen LogP contribution >= 0.6 is 0 Å². The number of hydrogen-bond acceptors (Lipinski definition) is 4. The standard InChI is InChI=1S/C29H31N3O3/c1-20-14-15-22(17-21(20)2)19-32-16-8-13-26(32)29(35)31-25-12-7-6-11-24(25)28(30-18-27(33)34)23-9-4-3-5-10-23/h3-7,9-12,14-15,17,26H,8,13,16,18-19H2,1-2H3,(H,31,35)(H,33,34)/t26-/m0/s1. The topological polar surface area (TPSA) is 82.0 Å². The van der Waals surface area contributed by atoms with E-state index in [1.807, 2.05) is 54.6 Å². The van der Waals surface area contributed by atoms with Crippen LogP contribution in [0, 0.1) is 13.8 Å². The lowest BCUT2D eigenvalue weighted by Gasteiger charge is -2.24. The van der Waals surface area contributed by atoms with Crippen LogP contribution < -0.4 is 5.32 Å². The predicted octanol–water partition coefficient (Wildman–Crippen LogP) is 4.83. The molecular weight excluding hydrogens is 438 g/mol. The first kappa shape index (κ1) is 24.4. The quantitative estimate of drug-likeness (QED) is 0.463. The molecule has 0 saturated carbocycles. The second-order valence-corrected chi connectivity index (χ2v) is 9.01. The molecule has 0 aliphatic carbocycles. The van der Waals surface area contributed by atoms with Crippen molar-refractivity contribution in [2.45, 2.75) is 39.3 Å². The Bertz CT molecular complexity index is 1240. The number of carbonyl (C=O) groups excluding carboxylic acids is 1. The highest BCUT2D eigenvalue weighted by atomic mass is 16.4. The number of carboxylic acid groups (broad SMARTS) is 1. The minimum absolute atomic E-state index is 0.0515. The summed E-state index contributed by atoms with van der Waals surface area (Å²) in [5.74, 6) is -1.06. The zero-order valence-electron chi connectivity index (χ0n) is 20.2. The van der Waals surface area contributed by atoms with Crippen molar-refractivity contribution >= 4 is 23.3 Å². The third kappa shape index (κ3) is 6.03. The molecule has 1 aliphatic rings. The van der Waals surface area contributed by atoms with Crippen LogP contribution in [0.25, 0.3) is 0 Å². The SMILES string of the molecule is Cc1ccc(CN2CCC[C@H]2C(=O)Nc2ccccc2C(=NCC(=O)O)c2ccccc2)cc1C. The minimum atomic E-state index is -1.01. The van der Waals surface area contributed by atoms with E-state index in [2.05, 4.69) is 47.3 Å². The molecule has 3 aromatic rings. The number of benzene rings is 3. The number of rotatable bonds is 8. The number of nitrogens with one attached hydrogen (secondary N) is 1. The van der Waals surface area contributed by atoms with Gasteiger partial charge in [0.05, 0.1) is 17.4 Å². The number of carboxylic acids is 1. The van der Waals surface area contributed by atoms with Gasteiger partial charge in [-0.15, -0.1) is 0 Å². The van der Waals surface area contributed by atoms with Crippen molar-refractivity contribution in [2.24, 2.45) is 4.99 Å². The molecule has 6 nitrogen and oxygen atoms in total. The molecule has 0 unspecified atom stereocenters. The maximum Gasteiger partial charge on any atom is 0.325 e. The van der Waals surface area contributed by atoms with Gasteiger partial charge in [0, 0.05) is 17.7 Å². The van der Waals surface area contributed by atoms with Crippen LogP contribution in [-0.4, -0.2) is 46.7 Å². The van der Waals surface area contributed by atoms with Crippen LogP contribution in [0.2, 0.25) is 0 Å². The Balaban J connectivity index is 1.57. The minimum Gasteiger partial charge on any atom is -0.480 e. The largest absolute Gasteiger partial charge is 0.480 e. The molecule has 4 rings (SSSR count). The van der Waals surface area contributed by atoms with Crippen molar-refractivity contribution in [1.29, 1.82) is 0 Å². The van der Waals surface area contributed by atoms with Gasteiger partial charge in [0.2, 0.25) is 5.91 Å². The van der Waals surface area contributed by atoms with E-state index in [-0.39, 0.29) is 18.5 Å². The van der Waals surface area contributed by atoms with Gasteiger partial charge in [0.1, 0.15) is 6.54 Å². The van der Waals surface area contributed by atoms with Crippen LogP contribution in [0.5, 0.6) is 0 Å². The first-order valence-corrected chi connectivity index (χ1v) is 11.9.